The second kappa shape index (κ2) is 8.33. The summed E-state index contributed by atoms with van der Waals surface area (Å²) < 4.78 is 0. The lowest BCUT2D eigenvalue weighted by atomic mass is 10.1. The zero-order chi connectivity index (χ0) is 20.2. The first-order valence-electron chi connectivity index (χ1n) is 9.93. The van der Waals surface area contributed by atoms with Crippen LogP contribution in [0.3, 0.4) is 0 Å². The van der Waals surface area contributed by atoms with Crippen molar-refractivity contribution in [3.8, 4) is 0 Å². The molecule has 0 radical (unpaired) electrons. The number of amides is 1. The zero-order valence-corrected chi connectivity index (χ0v) is 16.8. The molecule has 0 aromatic heterocycles. The smallest absolute Gasteiger partial charge is 0.265 e. The van der Waals surface area contributed by atoms with E-state index >= 15 is 0 Å². The number of nitrogens with one attached hydrogen (secondary N) is 2. The van der Waals surface area contributed by atoms with Crippen LogP contribution in [0.5, 0.6) is 0 Å². The molecule has 0 unspecified atom stereocenters. The lowest BCUT2D eigenvalue weighted by Crippen LogP contribution is -2.37. The first-order chi connectivity index (χ1) is 14.2. The van der Waals surface area contributed by atoms with Gasteiger partial charge in [0.25, 0.3) is 5.91 Å². The topological polar surface area (TPSA) is 44.4 Å². The van der Waals surface area contributed by atoms with E-state index in [1.165, 1.54) is 28.1 Å². The van der Waals surface area contributed by atoms with E-state index in [2.05, 4.69) is 77.3 Å². The van der Waals surface area contributed by atoms with Crippen molar-refractivity contribution in [3.63, 3.8) is 0 Å². The monoisotopic (exact) mass is 383 g/mol. The van der Waals surface area contributed by atoms with Gasteiger partial charge >= 0.3 is 0 Å². The maximum absolute atomic E-state index is 12.1. The van der Waals surface area contributed by atoms with E-state index in [9.17, 15) is 4.79 Å². The van der Waals surface area contributed by atoms with Crippen molar-refractivity contribution in [1.82, 2.24) is 10.9 Å². The third kappa shape index (κ3) is 4.08. The second-order valence-corrected chi connectivity index (χ2v) is 7.22. The van der Waals surface area contributed by atoms with E-state index in [1.807, 2.05) is 31.2 Å². The summed E-state index contributed by atoms with van der Waals surface area (Å²) in [5, 5.41) is 0. The summed E-state index contributed by atoms with van der Waals surface area (Å²) in [5.74, 6) is -0.122. The van der Waals surface area contributed by atoms with Crippen LogP contribution < -0.4 is 15.8 Å². The summed E-state index contributed by atoms with van der Waals surface area (Å²) in [6, 6.07) is 22.8. The largest absolute Gasteiger partial charge is 0.336 e. The number of para-hydroxylation sites is 1. The van der Waals surface area contributed by atoms with Gasteiger partial charge in [-0.15, -0.1) is 0 Å². The molecule has 146 valence electrons. The van der Waals surface area contributed by atoms with Gasteiger partial charge in [0, 0.05) is 30.0 Å². The zero-order valence-electron chi connectivity index (χ0n) is 16.8. The average Bonchev–Trinajstić information content (AvgIpc) is 2.90. The van der Waals surface area contributed by atoms with Crippen molar-refractivity contribution < 1.29 is 4.79 Å². The molecule has 29 heavy (non-hydrogen) atoms. The third-order valence-electron chi connectivity index (χ3n) is 5.08. The maximum Gasteiger partial charge on any atom is 0.265 e. The predicted octanol–water partition coefficient (Wildman–Crippen LogP) is 5.07. The highest BCUT2D eigenvalue weighted by atomic mass is 16.2. The number of hydrogen-bond donors (Lipinski definition) is 2. The first-order valence-corrected chi connectivity index (χ1v) is 9.93. The first kappa shape index (κ1) is 19.0. The molecule has 4 rings (SSSR count). The summed E-state index contributed by atoms with van der Waals surface area (Å²) in [4.78, 5) is 14.5. The van der Waals surface area contributed by atoms with Crippen molar-refractivity contribution in [1.29, 1.82) is 0 Å². The Morgan fingerprint density at radius 3 is 2.38 bits per heavy atom. The molecule has 2 N–H and O–H groups in total. The predicted molar refractivity (Wildman–Crippen MR) is 120 cm³/mol. The minimum Gasteiger partial charge on any atom is -0.336 e. The Hall–Kier alpha value is -3.37. The van der Waals surface area contributed by atoms with Crippen LogP contribution in [0, 0.1) is 6.92 Å². The van der Waals surface area contributed by atoms with E-state index in [0.29, 0.717) is 12.1 Å². The van der Waals surface area contributed by atoms with Crippen molar-refractivity contribution in [3.05, 3.63) is 94.5 Å². The van der Waals surface area contributed by atoms with Crippen LogP contribution in [0.4, 0.5) is 11.4 Å². The Morgan fingerprint density at radius 2 is 1.62 bits per heavy atom. The summed E-state index contributed by atoms with van der Waals surface area (Å²) in [7, 11) is 0. The summed E-state index contributed by atoms with van der Waals surface area (Å²) in [6.45, 7) is 5.48. The molecule has 4 heteroatoms. The SMILES string of the molecule is CCNNC(=O)c1ccc(CN2c3ccccc3C=Cc3ccc(C)cc32)cc1. The van der Waals surface area contributed by atoms with E-state index in [4.69, 9.17) is 0 Å². The molecule has 0 spiro atoms. The Labute approximate surface area is 171 Å². The number of anilines is 2. The van der Waals surface area contributed by atoms with Crippen LogP contribution in [0.1, 0.15) is 39.5 Å². The fourth-order valence-corrected chi connectivity index (χ4v) is 3.57. The standard InChI is InChI=1S/C25H25N3O/c1-3-26-27-25(29)22-12-9-19(10-13-22)17-28-23-7-5-4-6-20(23)14-15-21-11-8-18(2)16-24(21)28/h4-16,26H,3,17H2,1-2H3,(H,27,29). The highest BCUT2D eigenvalue weighted by Gasteiger charge is 2.18. The van der Waals surface area contributed by atoms with Crippen LogP contribution in [-0.4, -0.2) is 12.5 Å². The summed E-state index contributed by atoms with van der Waals surface area (Å²) in [5.41, 5.74) is 13.3. The highest BCUT2D eigenvalue weighted by Crippen LogP contribution is 2.37. The molecular weight excluding hydrogens is 358 g/mol. The molecule has 3 aromatic carbocycles. The molecule has 3 aromatic rings. The fraction of sp³-hybridized carbons (Fsp3) is 0.160. The number of fused-ring (bicyclic) bond motifs is 2. The van der Waals surface area contributed by atoms with Gasteiger partial charge < -0.3 is 4.90 Å². The minimum atomic E-state index is -0.122. The van der Waals surface area contributed by atoms with Gasteiger partial charge in [-0.05, 0) is 53.4 Å². The Kier molecular flexibility index (Phi) is 5.45. The number of benzene rings is 3. The number of hydrogen-bond acceptors (Lipinski definition) is 3. The van der Waals surface area contributed by atoms with E-state index < -0.39 is 0 Å². The highest BCUT2D eigenvalue weighted by molar-refractivity contribution is 5.94. The number of hydrazine groups is 1. The van der Waals surface area contributed by atoms with Crippen LogP contribution >= 0.6 is 0 Å². The number of carbonyl (C=O) groups excluding carboxylic acids is 1. The number of aryl methyl sites for hydroxylation is 1. The molecule has 1 amide bonds. The molecule has 0 aliphatic carbocycles. The van der Waals surface area contributed by atoms with Crippen molar-refractivity contribution in [2.75, 3.05) is 11.4 Å². The van der Waals surface area contributed by atoms with E-state index in [-0.39, 0.29) is 5.91 Å². The van der Waals surface area contributed by atoms with Gasteiger partial charge in [0.1, 0.15) is 0 Å². The minimum absolute atomic E-state index is 0.122. The summed E-state index contributed by atoms with van der Waals surface area (Å²) >= 11 is 0. The third-order valence-corrected chi connectivity index (χ3v) is 5.08. The van der Waals surface area contributed by atoms with Crippen molar-refractivity contribution in [2.45, 2.75) is 20.4 Å². The van der Waals surface area contributed by atoms with Gasteiger partial charge in [-0.25, -0.2) is 5.43 Å². The van der Waals surface area contributed by atoms with Gasteiger partial charge in [0.05, 0.1) is 0 Å². The van der Waals surface area contributed by atoms with Gasteiger partial charge in [-0.1, -0.05) is 61.5 Å². The van der Waals surface area contributed by atoms with Gasteiger partial charge in [0.15, 0.2) is 0 Å². The van der Waals surface area contributed by atoms with E-state index in [1.54, 1.807) is 0 Å². The molecule has 4 nitrogen and oxygen atoms in total. The van der Waals surface area contributed by atoms with Crippen molar-refractivity contribution in [2.24, 2.45) is 0 Å². The van der Waals surface area contributed by atoms with Crippen molar-refractivity contribution >= 4 is 29.4 Å². The van der Waals surface area contributed by atoms with Crippen LogP contribution in [0.2, 0.25) is 0 Å². The number of rotatable bonds is 5. The summed E-state index contributed by atoms with van der Waals surface area (Å²) in [6.07, 6.45) is 4.36. The lowest BCUT2D eigenvalue weighted by molar-refractivity contribution is 0.0934. The molecular formula is C25H25N3O. The Balaban J connectivity index is 1.67. The van der Waals surface area contributed by atoms with Crippen LogP contribution in [0.15, 0.2) is 66.7 Å². The maximum atomic E-state index is 12.1. The molecule has 1 heterocycles. The van der Waals surface area contributed by atoms with Crippen LogP contribution in [-0.2, 0) is 6.54 Å². The quantitative estimate of drug-likeness (QED) is 0.605. The normalized spacial score (nSPS) is 12.1. The van der Waals surface area contributed by atoms with Gasteiger partial charge in [0.2, 0.25) is 0 Å². The average molecular weight is 383 g/mol. The molecule has 0 atom stereocenters. The second-order valence-electron chi connectivity index (χ2n) is 7.22. The molecule has 0 bridgehead atoms. The number of carbonyl (C=O) groups is 1. The van der Waals surface area contributed by atoms with Gasteiger partial charge in [-0.2, -0.15) is 0 Å². The molecule has 1 aliphatic rings. The van der Waals surface area contributed by atoms with E-state index in [0.717, 1.165) is 12.1 Å². The van der Waals surface area contributed by atoms with Crippen LogP contribution in [0.25, 0.3) is 12.2 Å². The Bertz CT molecular complexity index is 1050. The van der Waals surface area contributed by atoms with Gasteiger partial charge in [-0.3, -0.25) is 10.2 Å². The molecule has 0 fully saturated rings. The molecule has 0 saturated heterocycles. The lowest BCUT2D eigenvalue weighted by Gasteiger charge is -2.27. The molecule has 0 saturated carbocycles. The number of nitrogens with zero attached hydrogens (tertiary/aromatic N) is 1. The molecule has 1 aliphatic heterocycles. The Morgan fingerprint density at radius 1 is 0.897 bits per heavy atom. The fourth-order valence-electron chi connectivity index (χ4n) is 3.57.